The molecule has 0 aliphatic rings. The van der Waals surface area contributed by atoms with E-state index in [1.54, 1.807) is 25.1 Å². The summed E-state index contributed by atoms with van der Waals surface area (Å²) in [5, 5.41) is 13.3. The van der Waals surface area contributed by atoms with Crippen LogP contribution in [0.3, 0.4) is 0 Å². The predicted molar refractivity (Wildman–Crippen MR) is 90.6 cm³/mol. The van der Waals surface area contributed by atoms with Gasteiger partial charge in [-0.1, -0.05) is 0 Å². The number of ether oxygens (including phenoxy) is 1. The lowest BCUT2D eigenvalue weighted by Crippen LogP contribution is -2.15. The molecule has 1 N–H and O–H groups in total. The number of nitro groups is 1. The average molecular weight is 341 g/mol. The fourth-order valence-corrected chi connectivity index (χ4v) is 2.27. The van der Waals surface area contributed by atoms with Crippen molar-refractivity contribution < 1.29 is 18.9 Å². The van der Waals surface area contributed by atoms with E-state index in [1.807, 2.05) is 0 Å². The SMILES string of the molecule is Cc1nc2ccc(NC(=O)CCOc3ccc([N+](=O)[O-])cc3)cc2o1. The number of aryl methyl sites for hydroxylation is 1. The Labute approximate surface area is 142 Å². The molecule has 8 heteroatoms. The van der Waals surface area contributed by atoms with Crippen LogP contribution in [-0.4, -0.2) is 22.4 Å². The summed E-state index contributed by atoms with van der Waals surface area (Å²) in [6.07, 6.45) is 0.143. The number of amides is 1. The van der Waals surface area contributed by atoms with Gasteiger partial charge < -0.3 is 14.5 Å². The third-order valence-electron chi connectivity index (χ3n) is 3.42. The number of nitrogens with zero attached hydrogens (tertiary/aromatic N) is 2. The van der Waals surface area contributed by atoms with E-state index in [2.05, 4.69) is 10.3 Å². The van der Waals surface area contributed by atoms with Gasteiger partial charge in [-0.3, -0.25) is 14.9 Å². The minimum absolute atomic E-state index is 0.0110. The van der Waals surface area contributed by atoms with E-state index >= 15 is 0 Å². The number of hydrogen-bond donors (Lipinski definition) is 1. The first-order valence-corrected chi connectivity index (χ1v) is 7.55. The first-order chi connectivity index (χ1) is 12.0. The number of nitro benzene ring substituents is 1. The van der Waals surface area contributed by atoms with Crippen LogP contribution in [0.15, 0.2) is 46.9 Å². The van der Waals surface area contributed by atoms with E-state index in [0.29, 0.717) is 22.9 Å². The highest BCUT2D eigenvalue weighted by molar-refractivity contribution is 5.92. The maximum atomic E-state index is 12.0. The number of aromatic nitrogens is 1. The molecule has 8 nitrogen and oxygen atoms in total. The Morgan fingerprint density at radius 1 is 1.28 bits per heavy atom. The van der Waals surface area contributed by atoms with Crippen LogP contribution in [-0.2, 0) is 4.79 Å². The summed E-state index contributed by atoms with van der Waals surface area (Å²) in [6.45, 7) is 1.92. The van der Waals surface area contributed by atoms with Crippen LogP contribution in [0.1, 0.15) is 12.3 Å². The van der Waals surface area contributed by atoms with Gasteiger partial charge in [0.2, 0.25) is 5.91 Å². The second-order valence-electron chi connectivity index (χ2n) is 5.31. The molecule has 0 fully saturated rings. The number of carbonyl (C=O) groups is 1. The molecule has 0 unspecified atom stereocenters. The van der Waals surface area contributed by atoms with Crippen molar-refractivity contribution in [2.45, 2.75) is 13.3 Å². The Morgan fingerprint density at radius 2 is 2.04 bits per heavy atom. The quantitative estimate of drug-likeness (QED) is 0.543. The number of benzene rings is 2. The summed E-state index contributed by atoms with van der Waals surface area (Å²) in [5.41, 5.74) is 1.95. The maximum absolute atomic E-state index is 12.0. The smallest absolute Gasteiger partial charge is 0.269 e. The fourth-order valence-electron chi connectivity index (χ4n) is 2.27. The molecule has 0 aliphatic carbocycles. The molecule has 0 atom stereocenters. The van der Waals surface area contributed by atoms with Crippen molar-refractivity contribution in [3.05, 3.63) is 58.5 Å². The van der Waals surface area contributed by atoms with Crippen molar-refractivity contribution in [1.82, 2.24) is 4.98 Å². The maximum Gasteiger partial charge on any atom is 0.269 e. The average Bonchev–Trinajstić information content (AvgIpc) is 2.94. The highest BCUT2D eigenvalue weighted by Gasteiger charge is 2.08. The topological polar surface area (TPSA) is 108 Å². The van der Waals surface area contributed by atoms with Crippen LogP contribution in [0, 0.1) is 17.0 Å². The monoisotopic (exact) mass is 341 g/mol. The summed E-state index contributed by atoms with van der Waals surface area (Å²) < 4.78 is 10.8. The van der Waals surface area contributed by atoms with Crippen molar-refractivity contribution in [2.24, 2.45) is 0 Å². The number of anilines is 1. The molecule has 0 bridgehead atoms. The fraction of sp³-hybridized carbons (Fsp3) is 0.176. The van der Waals surface area contributed by atoms with Crippen molar-refractivity contribution in [1.29, 1.82) is 0 Å². The molecule has 1 aromatic heterocycles. The number of non-ortho nitro benzene ring substituents is 1. The molecule has 128 valence electrons. The van der Waals surface area contributed by atoms with Crippen LogP contribution in [0.5, 0.6) is 5.75 Å². The summed E-state index contributed by atoms with van der Waals surface area (Å²) in [4.78, 5) is 26.2. The normalized spacial score (nSPS) is 10.6. The predicted octanol–water partition coefficient (Wildman–Crippen LogP) is 3.45. The third-order valence-corrected chi connectivity index (χ3v) is 3.42. The van der Waals surface area contributed by atoms with Crippen LogP contribution in [0.2, 0.25) is 0 Å². The molecular weight excluding hydrogens is 326 g/mol. The summed E-state index contributed by atoms with van der Waals surface area (Å²) in [7, 11) is 0. The first-order valence-electron chi connectivity index (χ1n) is 7.55. The Morgan fingerprint density at radius 3 is 2.76 bits per heavy atom. The van der Waals surface area contributed by atoms with E-state index in [4.69, 9.17) is 9.15 Å². The molecule has 3 rings (SSSR count). The zero-order chi connectivity index (χ0) is 17.8. The minimum atomic E-state index is -0.482. The molecule has 0 aliphatic heterocycles. The second kappa shape index (κ2) is 7.00. The standard InChI is InChI=1S/C17H15N3O5/c1-11-18-15-7-2-12(10-16(15)25-11)19-17(21)8-9-24-14-5-3-13(4-6-14)20(22)23/h2-7,10H,8-9H2,1H3,(H,19,21). The van der Waals surface area contributed by atoms with Crippen LogP contribution in [0.4, 0.5) is 11.4 Å². The molecule has 1 heterocycles. The lowest BCUT2D eigenvalue weighted by molar-refractivity contribution is -0.384. The van der Waals surface area contributed by atoms with Gasteiger partial charge in [0.05, 0.1) is 18.0 Å². The van der Waals surface area contributed by atoms with Gasteiger partial charge in [-0.2, -0.15) is 0 Å². The molecule has 3 aromatic rings. The molecule has 2 aromatic carbocycles. The molecule has 1 amide bonds. The third kappa shape index (κ3) is 4.11. The highest BCUT2D eigenvalue weighted by Crippen LogP contribution is 2.20. The molecular formula is C17H15N3O5. The van der Waals surface area contributed by atoms with E-state index < -0.39 is 4.92 Å². The summed E-state index contributed by atoms with van der Waals surface area (Å²) >= 11 is 0. The molecule has 0 saturated carbocycles. The number of oxazole rings is 1. The molecule has 25 heavy (non-hydrogen) atoms. The second-order valence-corrected chi connectivity index (χ2v) is 5.31. The lowest BCUT2D eigenvalue weighted by atomic mass is 10.2. The zero-order valence-electron chi connectivity index (χ0n) is 13.4. The lowest BCUT2D eigenvalue weighted by Gasteiger charge is -2.07. The number of fused-ring (bicyclic) bond motifs is 1. The van der Waals surface area contributed by atoms with Crippen molar-refractivity contribution in [3.8, 4) is 5.75 Å². The van der Waals surface area contributed by atoms with Crippen LogP contribution < -0.4 is 10.1 Å². The van der Waals surface area contributed by atoms with Gasteiger partial charge >= 0.3 is 0 Å². The number of nitrogens with one attached hydrogen (secondary N) is 1. The summed E-state index contributed by atoms with van der Waals surface area (Å²) in [5.74, 6) is 0.824. The van der Waals surface area contributed by atoms with Gasteiger partial charge in [0.25, 0.3) is 5.69 Å². The Bertz CT molecular complexity index is 918. The number of rotatable bonds is 6. The van der Waals surface area contributed by atoms with E-state index in [-0.39, 0.29) is 24.6 Å². The van der Waals surface area contributed by atoms with Crippen LogP contribution >= 0.6 is 0 Å². The number of hydrogen-bond acceptors (Lipinski definition) is 6. The van der Waals surface area contributed by atoms with Gasteiger partial charge in [-0.15, -0.1) is 0 Å². The van der Waals surface area contributed by atoms with Gasteiger partial charge in [-0.05, 0) is 24.3 Å². The van der Waals surface area contributed by atoms with Gasteiger partial charge in [0.1, 0.15) is 11.3 Å². The molecule has 0 spiro atoms. The number of carbonyl (C=O) groups excluding carboxylic acids is 1. The minimum Gasteiger partial charge on any atom is -0.493 e. The largest absolute Gasteiger partial charge is 0.493 e. The summed E-state index contributed by atoms with van der Waals surface area (Å²) in [6, 6.07) is 10.9. The van der Waals surface area contributed by atoms with Crippen molar-refractivity contribution in [3.63, 3.8) is 0 Å². The van der Waals surface area contributed by atoms with Gasteiger partial charge in [-0.25, -0.2) is 4.98 Å². The van der Waals surface area contributed by atoms with E-state index in [9.17, 15) is 14.9 Å². The Kier molecular flexibility index (Phi) is 4.60. The zero-order valence-corrected chi connectivity index (χ0v) is 13.4. The van der Waals surface area contributed by atoms with Crippen molar-refractivity contribution in [2.75, 3.05) is 11.9 Å². The van der Waals surface area contributed by atoms with Gasteiger partial charge in [0, 0.05) is 30.8 Å². The van der Waals surface area contributed by atoms with E-state index in [1.165, 1.54) is 24.3 Å². The van der Waals surface area contributed by atoms with Gasteiger partial charge in [0.15, 0.2) is 11.5 Å². The van der Waals surface area contributed by atoms with Crippen LogP contribution in [0.25, 0.3) is 11.1 Å². The molecule has 0 saturated heterocycles. The first kappa shape index (κ1) is 16.4. The Hall–Kier alpha value is -3.42. The van der Waals surface area contributed by atoms with Crippen molar-refractivity contribution >= 4 is 28.4 Å². The van der Waals surface area contributed by atoms with E-state index in [0.717, 1.165) is 5.52 Å². The Balaban J connectivity index is 1.50. The highest BCUT2D eigenvalue weighted by atomic mass is 16.6. The molecule has 0 radical (unpaired) electrons.